The van der Waals surface area contributed by atoms with Gasteiger partial charge in [-0.25, -0.2) is 0 Å². The first-order valence-corrected chi connectivity index (χ1v) is 15.0. The molecule has 2 aromatic heterocycles. The van der Waals surface area contributed by atoms with Crippen LogP contribution in [0, 0.1) is 0 Å². The zero-order valence-electron chi connectivity index (χ0n) is 23.8. The van der Waals surface area contributed by atoms with E-state index in [-0.39, 0.29) is 0 Å². The van der Waals surface area contributed by atoms with Crippen LogP contribution in [-0.2, 0) is 13.1 Å². The lowest BCUT2D eigenvalue weighted by molar-refractivity contribution is 0.246. The summed E-state index contributed by atoms with van der Waals surface area (Å²) in [7, 11) is 0. The van der Waals surface area contributed by atoms with Crippen molar-refractivity contribution in [2.24, 2.45) is 0 Å². The number of aromatic nitrogens is 1. The second-order valence-corrected chi connectivity index (χ2v) is 11.3. The number of hydrogen-bond donors (Lipinski definition) is 0. The number of nitrogens with zero attached hydrogens (tertiary/aromatic N) is 5. The van der Waals surface area contributed by atoms with Gasteiger partial charge in [-0.05, 0) is 47.5 Å². The van der Waals surface area contributed by atoms with Crippen molar-refractivity contribution < 1.29 is 0 Å². The smallest absolute Gasteiger partial charge is 0.0505 e. The van der Waals surface area contributed by atoms with Crippen LogP contribution in [0.15, 0.2) is 115 Å². The number of para-hydroxylation sites is 2. The number of rotatable bonds is 7. The maximum Gasteiger partial charge on any atom is 0.0505 e. The van der Waals surface area contributed by atoms with Crippen molar-refractivity contribution in [3.05, 3.63) is 127 Å². The molecule has 5 heteroatoms. The fourth-order valence-corrected chi connectivity index (χ4v) is 6.65. The number of anilines is 2. The van der Waals surface area contributed by atoms with Crippen LogP contribution in [0.25, 0.3) is 16.6 Å². The molecular formula is C36H39N5. The van der Waals surface area contributed by atoms with E-state index in [0.29, 0.717) is 0 Å². The predicted molar refractivity (Wildman–Crippen MR) is 171 cm³/mol. The van der Waals surface area contributed by atoms with Crippen molar-refractivity contribution in [2.75, 3.05) is 62.2 Å². The zero-order valence-corrected chi connectivity index (χ0v) is 23.8. The van der Waals surface area contributed by atoms with E-state index in [2.05, 4.69) is 139 Å². The van der Waals surface area contributed by atoms with Crippen LogP contribution >= 0.6 is 0 Å². The third kappa shape index (κ3) is 5.48. The molecule has 0 bridgehead atoms. The van der Waals surface area contributed by atoms with E-state index >= 15 is 0 Å². The highest BCUT2D eigenvalue weighted by molar-refractivity contribution is 5.80. The number of fused-ring (bicyclic) bond motifs is 1. The number of piperazine rings is 2. The summed E-state index contributed by atoms with van der Waals surface area (Å²) in [4.78, 5) is 10.3. The molecule has 0 atom stereocenters. The molecule has 0 unspecified atom stereocenters. The lowest BCUT2D eigenvalue weighted by Crippen LogP contribution is -2.46. The summed E-state index contributed by atoms with van der Waals surface area (Å²) >= 11 is 0. The lowest BCUT2D eigenvalue weighted by Gasteiger charge is -2.36. The van der Waals surface area contributed by atoms with Gasteiger partial charge in [0.05, 0.1) is 5.52 Å². The molecule has 3 aromatic carbocycles. The van der Waals surface area contributed by atoms with Crippen molar-refractivity contribution in [3.8, 4) is 11.1 Å². The van der Waals surface area contributed by atoms with E-state index in [1.165, 1.54) is 39.3 Å². The predicted octanol–water partition coefficient (Wildman–Crippen LogP) is 6.25. The van der Waals surface area contributed by atoms with E-state index in [1.54, 1.807) is 0 Å². The van der Waals surface area contributed by atoms with Crippen molar-refractivity contribution in [1.29, 1.82) is 0 Å². The Morgan fingerprint density at radius 3 is 1.51 bits per heavy atom. The fourth-order valence-electron chi connectivity index (χ4n) is 6.65. The molecule has 41 heavy (non-hydrogen) atoms. The Bertz CT molecular complexity index is 1450. The monoisotopic (exact) mass is 541 g/mol. The van der Waals surface area contributed by atoms with Gasteiger partial charge in [0.25, 0.3) is 0 Å². The first-order valence-electron chi connectivity index (χ1n) is 15.0. The molecule has 2 fully saturated rings. The number of benzene rings is 3. The molecule has 4 heterocycles. The molecule has 2 saturated heterocycles. The van der Waals surface area contributed by atoms with Gasteiger partial charge in [-0.1, -0.05) is 72.8 Å². The SMILES string of the molecule is c1ccc(-c2c(CN3CCN(c4ccccc4)CC3)c3ccccn3c2CN2CCN(c3ccccc3)CC2)cc1. The minimum Gasteiger partial charge on any atom is -0.369 e. The lowest BCUT2D eigenvalue weighted by atomic mass is 9.99. The highest BCUT2D eigenvalue weighted by Crippen LogP contribution is 2.35. The summed E-state index contributed by atoms with van der Waals surface area (Å²) in [6.07, 6.45) is 2.27. The Balaban J connectivity index is 1.16. The van der Waals surface area contributed by atoms with Crippen molar-refractivity contribution in [3.63, 3.8) is 0 Å². The van der Waals surface area contributed by atoms with E-state index in [0.717, 1.165) is 65.4 Å². The average Bonchev–Trinajstić information content (AvgIpc) is 3.35. The topological polar surface area (TPSA) is 17.4 Å². The molecule has 2 aliphatic rings. The Morgan fingerprint density at radius 2 is 0.951 bits per heavy atom. The van der Waals surface area contributed by atoms with Crippen LogP contribution in [0.3, 0.4) is 0 Å². The highest BCUT2D eigenvalue weighted by Gasteiger charge is 2.26. The van der Waals surface area contributed by atoms with E-state index in [1.807, 2.05) is 0 Å². The van der Waals surface area contributed by atoms with Crippen LogP contribution in [-0.4, -0.2) is 66.6 Å². The summed E-state index contributed by atoms with van der Waals surface area (Å²) < 4.78 is 2.47. The Morgan fingerprint density at radius 1 is 0.463 bits per heavy atom. The van der Waals surface area contributed by atoms with Gasteiger partial charge >= 0.3 is 0 Å². The van der Waals surface area contributed by atoms with Crippen LogP contribution < -0.4 is 9.80 Å². The second-order valence-electron chi connectivity index (χ2n) is 11.3. The first-order chi connectivity index (χ1) is 20.3. The Hall–Kier alpha value is -4.06. The van der Waals surface area contributed by atoms with Gasteiger partial charge < -0.3 is 14.2 Å². The maximum atomic E-state index is 2.65. The van der Waals surface area contributed by atoms with Gasteiger partial charge in [-0.15, -0.1) is 0 Å². The van der Waals surface area contributed by atoms with Crippen molar-refractivity contribution in [2.45, 2.75) is 13.1 Å². The highest BCUT2D eigenvalue weighted by atomic mass is 15.3. The van der Waals surface area contributed by atoms with Gasteiger partial charge in [0.15, 0.2) is 0 Å². The number of pyridine rings is 1. The molecule has 0 spiro atoms. The second kappa shape index (κ2) is 11.8. The van der Waals surface area contributed by atoms with Crippen LogP contribution in [0.2, 0.25) is 0 Å². The van der Waals surface area contributed by atoms with Crippen LogP contribution in [0.1, 0.15) is 11.3 Å². The third-order valence-electron chi connectivity index (χ3n) is 8.86. The van der Waals surface area contributed by atoms with Crippen molar-refractivity contribution >= 4 is 16.9 Å². The standard InChI is InChI=1S/C36H39N5/c1-4-12-30(13-5-1)36-33(28-37-20-24-39(25-21-37)31-14-6-2-7-15-31)34-18-10-11-19-41(34)35(36)29-38-22-26-40(27-23-38)32-16-8-3-9-17-32/h1-19H,20-29H2. The summed E-state index contributed by atoms with van der Waals surface area (Å²) in [6.45, 7) is 10.5. The van der Waals surface area contributed by atoms with Gasteiger partial charge in [-0.3, -0.25) is 9.80 Å². The summed E-state index contributed by atoms with van der Waals surface area (Å²) in [5.41, 5.74) is 9.64. The summed E-state index contributed by atoms with van der Waals surface area (Å²) in [5, 5.41) is 0. The zero-order chi connectivity index (χ0) is 27.4. The minimum atomic E-state index is 0.958. The molecular weight excluding hydrogens is 502 g/mol. The Labute approximate surface area is 243 Å². The first kappa shape index (κ1) is 25.9. The van der Waals surface area contributed by atoms with Gasteiger partial charge in [-0.2, -0.15) is 0 Å². The molecule has 7 rings (SSSR count). The molecule has 0 aliphatic carbocycles. The maximum absolute atomic E-state index is 2.65. The van der Waals surface area contributed by atoms with Crippen LogP contribution in [0.5, 0.6) is 0 Å². The summed E-state index contributed by atoms with van der Waals surface area (Å²) in [6, 6.07) is 39.5. The quantitative estimate of drug-likeness (QED) is 0.242. The van der Waals surface area contributed by atoms with Gasteiger partial charge in [0.1, 0.15) is 0 Å². The minimum absolute atomic E-state index is 0.958. The molecule has 2 aliphatic heterocycles. The van der Waals surface area contributed by atoms with E-state index in [4.69, 9.17) is 0 Å². The average molecular weight is 542 g/mol. The molecule has 0 saturated carbocycles. The molecule has 0 radical (unpaired) electrons. The van der Waals surface area contributed by atoms with E-state index in [9.17, 15) is 0 Å². The number of hydrogen-bond acceptors (Lipinski definition) is 4. The molecule has 0 amide bonds. The molecule has 5 nitrogen and oxygen atoms in total. The molecule has 5 aromatic rings. The Kier molecular flexibility index (Phi) is 7.46. The van der Waals surface area contributed by atoms with Crippen molar-refractivity contribution in [1.82, 2.24) is 14.2 Å². The third-order valence-corrected chi connectivity index (χ3v) is 8.86. The van der Waals surface area contributed by atoms with Crippen LogP contribution in [0.4, 0.5) is 11.4 Å². The van der Waals surface area contributed by atoms with E-state index < -0.39 is 0 Å². The van der Waals surface area contributed by atoms with Gasteiger partial charge in [0.2, 0.25) is 0 Å². The largest absolute Gasteiger partial charge is 0.369 e. The normalized spacial score (nSPS) is 16.9. The fraction of sp³-hybridized carbons (Fsp3) is 0.278. The molecule has 208 valence electrons. The molecule has 0 N–H and O–H groups in total. The summed E-state index contributed by atoms with van der Waals surface area (Å²) in [5.74, 6) is 0. The van der Waals surface area contributed by atoms with Gasteiger partial charge in [0, 0.05) is 94.3 Å².